The SMILES string of the molecule is COc1cc2nc(NCCCN(C)C)nc(NC3CCN(CCCc4ccccc4)CC3)c2cc1OC. The summed E-state index contributed by atoms with van der Waals surface area (Å²) in [6, 6.07) is 15.1. The molecule has 1 fully saturated rings. The number of nitrogens with zero attached hydrogens (tertiary/aromatic N) is 4. The smallest absolute Gasteiger partial charge is 0.225 e. The first kappa shape index (κ1) is 26.9. The summed E-state index contributed by atoms with van der Waals surface area (Å²) in [5.74, 6) is 2.84. The van der Waals surface area contributed by atoms with Crippen molar-refractivity contribution in [2.75, 3.05) is 71.7 Å². The van der Waals surface area contributed by atoms with Crippen LogP contribution >= 0.6 is 0 Å². The van der Waals surface area contributed by atoms with Gasteiger partial charge in [0.2, 0.25) is 5.95 Å². The molecule has 4 rings (SSSR count). The van der Waals surface area contributed by atoms with E-state index in [1.807, 2.05) is 12.1 Å². The highest BCUT2D eigenvalue weighted by atomic mass is 16.5. The Balaban J connectivity index is 1.41. The molecule has 8 nitrogen and oxygen atoms in total. The normalized spacial score (nSPS) is 14.7. The molecule has 8 heteroatoms. The number of benzene rings is 2. The molecule has 37 heavy (non-hydrogen) atoms. The second-order valence-corrected chi connectivity index (χ2v) is 10.1. The van der Waals surface area contributed by atoms with Crippen LogP contribution in [-0.4, -0.2) is 86.8 Å². The highest BCUT2D eigenvalue weighted by Gasteiger charge is 2.21. The van der Waals surface area contributed by atoms with Gasteiger partial charge in [0, 0.05) is 37.1 Å². The average molecular weight is 507 g/mol. The molecular weight excluding hydrogens is 464 g/mol. The lowest BCUT2D eigenvalue weighted by molar-refractivity contribution is 0.217. The van der Waals surface area contributed by atoms with Crippen LogP contribution in [0.15, 0.2) is 42.5 Å². The Hall–Kier alpha value is -3.10. The summed E-state index contributed by atoms with van der Waals surface area (Å²) in [4.78, 5) is 14.4. The number of nitrogens with one attached hydrogen (secondary N) is 2. The van der Waals surface area contributed by atoms with Crippen molar-refractivity contribution in [3.63, 3.8) is 0 Å². The molecule has 1 aliphatic heterocycles. The molecule has 0 unspecified atom stereocenters. The van der Waals surface area contributed by atoms with Gasteiger partial charge in [-0.2, -0.15) is 4.98 Å². The minimum Gasteiger partial charge on any atom is -0.493 e. The Morgan fingerprint density at radius 1 is 0.973 bits per heavy atom. The number of piperidine rings is 1. The van der Waals surface area contributed by atoms with E-state index in [0.717, 1.165) is 75.1 Å². The zero-order chi connectivity index (χ0) is 26.0. The summed E-state index contributed by atoms with van der Waals surface area (Å²) in [5, 5.41) is 8.10. The van der Waals surface area contributed by atoms with Crippen LogP contribution in [0.3, 0.4) is 0 Å². The third-order valence-corrected chi connectivity index (χ3v) is 6.98. The summed E-state index contributed by atoms with van der Waals surface area (Å²) in [5.41, 5.74) is 2.26. The van der Waals surface area contributed by atoms with E-state index in [9.17, 15) is 0 Å². The maximum atomic E-state index is 5.57. The number of likely N-dealkylation sites (tertiary alicyclic amines) is 1. The maximum Gasteiger partial charge on any atom is 0.225 e. The van der Waals surface area contributed by atoms with E-state index in [4.69, 9.17) is 19.4 Å². The summed E-state index contributed by atoms with van der Waals surface area (Å²) in [7, 11) is 7.48. The Kier molecular flexibility index (Phi) is 9.79. The maximum absolute atomic E-state index is 5.57. The Morgan fingerprint density at radius 2 is 1.70 bits per heavy atom. The standard InChI is InChI=1S/C29H42N6O2/c1-34(2)16-9-15-30-29-32-25-21-27(37-4)26(36-3)20-24(25)28(33-29)31-23-13-18-35(19-14-23)17-8-12-22-10-6-5-7-11-22/h5-7,10-11,20-21,23H,8-9,12-19H2,1-4H3,(H2,30,31,32,33). The molecule has 200 valence electrons. The molecule has 0 atom stereocenters. The number of ether oxygens (including phenoxy) is 2. The predicted octanol–water partition coefficient (Wildman–Crippen LogP) is 4.52. The number of aryl methyl sites for hydroxylation is 1. The van der Waals surface area contributed by atoms with Gasteiger partial charge >= 0.3 is 0 Å². The van der Waals surface area contributed by atoms with Crippen LogP contribution in [0.5, 0.6) is 11.5 Å². The van der Waals surface area contributed by atoms with Gasteiger partial charge in [-0.05, 0) is 70.9 Å². The molecule has 0 amide bonds. The molecule has 0 saturated carbocycles. The van der Waals surface area contributed by atoms with Crippen LogP contribution in [0.2, 0.25) is 0 Å². The van der Waals surface area contributed by atoms with Crippen molar-refractivity contribution in [3.8, 4) is 11.5 Å². The molecule has 1 aliphatic rings. The molecule has 1 saturated heterocycles. The first-order chi connectivity index (χ1) is 18.1. The highest BCUT2D eigenvalue weighted by Crippen LogP contribution is 2.35. The van der Waals surface area contributed by atoms with Crippen molar-refractivity contribution in [1.82, 2.24) is 19.8 Å². The van der Waals surface area contributed by atoms with E-state index in [1.165, 1.54) is 12.0 Å². The van der Waals surface area contributed by atoms with Gasteiger partial charge in [0.25, 0.3) is 0 Å². The molecule has 3 aromatic rings. The van der Waals surface area contributed by atoms with Crippen molar-refractivity contribution >= 4 is 22.7 Å². The molecule has 0 aliphatic carbocycles. The van der Waals surface area contributed by atoms with E-state index in [1.54, 1.807) is 14.2 Å². The van der Waals surface area contributed by atoms with Gasteiger partial charge in [-0.1, -0.05) is 30.3 Å². The first-order valence-corrected chi connectivity index (χ1v) is 13.4. The summed E-state index contributed by atoms with van der Waals surface area (Å²) < 4.78 is 11.1. The minimum atomic E-state index is 0.373. The first-order valence-electron chi connectivity index (χ1n) is 13.4. The Morgan fingerprint density at radius 3 is 2.41 bits per heavy atom. The number of hydrogen-bond donors (Lipinski definition) is 2. The van der Waals surface area contributed by atoms with E-state index < -0.39 is 0 Å². The third kappa shape index (κ3) is 7.69. The fourth-order valence-electron chi connectivity index (χ4n) is 4.89. The van der Waals surface area contributed by atoms with Gasteiger partial charge in [-0.3, -0.25) is 0 Å². The molecule has 1 aromatic heterocycles. The van der Waals surface area contributed by atoms with Gasteiger partial charge in [-0.25, -0.2) is 4.98 Å². The molecule has 0 bridgehead atoms. The molecule has 2 heterocycles. The van der Waals surface area contributed by atoms with Crippen molar-refractivity contribution < 1.29 is 9.47 Å². The van der Waals surface area contributed by atoms with E-state index in [-0.39, 0.29) is 0 Å². The fourth-order valence-corrected chi connectivity index (χ4v) is 4.89. The van der Waals surface area contributed by atoms with Crippen LogP contribution in [0, 0.1) is 0 Å². The van der Waals surface area contributed by atoms with Crippen LogP contribution in [-0.2, 0) is 6.42 Å². The molecule has 2 aromatic carbocycles. The molecular formula is C29H42N6O2. The number of methoxy groups -OCH3 is 2. The zero-order valence-corrected chi connectivity index (χ0v) is 22.8. The number of rotatable bonds is 13. The van der Waals surface area contributed by atoms with E-state index in [0.29, 0.717) is 23.5 Å². The molecule has 0 spiro atoms. The van der Waals surface area contributed by atoms with Crippen LogP contribution in [0.4, 0.5) is 11.8 Å². The fraction of sp³-hybridized carbons (Fsp3) is 0.517. The quantitative estimate of drug-likeness (QED) is 0.328. The summed E-state index contributed by atoms with van der Waals surface area (Å²) in [6.45, 7) is 5.18. The lowest BCUT2D eigenvalue weighted by Crippen LogP contribution is -2.39. The summed E-state index contributed by atoms with van der Waals surface area (Å²) in [6.07, 6.45) is 5.54. The van der Waals surface area contributed by atoms with Crippen LogP contribution in [0.1, 0.15) is 31.2 Å². The minimum absolute atomic E-state index is 0.373. The molecule has 0 radical (unpaired) electrons. The highest BCUT2D eigenvalue weighted by molar-refractivity contribution is 5.92. The van der Waals surface area contributed by atoms with Crippen LogP contribution in [0.25, 0.3) is 10.9 Å². The van der Waals surface area contributed by atoms with Gasteiger partial charge < -0.3 is 29.9 Å². The van der Waals surface area contributed by atoms with Crippen molar-refractivity contribution in [2.24, 2.45) is 0 Å². The lowest BCUT2D eigenvalue weighted by Gasteiger charge is -2.32. The van der Waals surface area contributed by atoms with Gasteiger partial charge in [0.15, 0.2) is 11.5 Å². The third-order valence-electron chi connectivity index (χ3n) is 6.98. The summed E-state index contributed by atoms with van der Waals surface area (Å²) >= 11 is 0. The van der Waals surface area contributed by atoms with Crippen molar-refractivity contribution in [3.05, 3.63) is 48.0 Å². The van der Waals surface area contributed by atoms with Crippen LogP contribution < -0.4 is 20.1 Å². The van der Waals surface area contributed by atoms with Crippen molar-refractivity contribution in [1.29, 1.82) is 0 Å². The topological polar surface area (TPSA) is 74.8 Å². The number of hydrogen-bond acceptors (Lipinski definition) is 8. The number of fused-ring (bicyclic) bond motifs is 1. The van der Waals surface area contributed by atoms with Crippen molar-refractivity contribution in [2.45, 2.75) is 38.1 Å². The lowest BCUT2D eigenvalue weighted by atomic mass is 10.0. The Bertz CT molecular complexity index is 1120. The second-order valence-electron chi connectivity index (χ2n) is 10.1. The second kappa shape index (κ2) is 13.4. The predicted molar refractivity (Wildman–Crippen MR) is 152 cm³/mol. The monoisotopic (exact) mass is 506 g/mol. The largest absolute Gasteiger partial charge is 0.493 e. The van der Waals surface area contributed by atoms with E-state index >= 15 is 0 Å². The molecule has 2 N–H and O–H groups in total. The van der Waals surface area contributed by atoms with Gasteiger partial charge in [0.1, 0.15) is 5.82 Å². The Labute approximate surface area is 221 Å². The zero-order valence-electron chi connectivity index (χ0n) is 22.8. The number of anilines is 2. The van der Waals surface area contributed by atoms with Gasteiger partial charge in [-0.15, -0.1) is 0 Å². The average Bonchev–Trinajstić information content (AvgIpc) is 2.92. The van der Waals surface area contributed by atoms with E-state index in [2.05, 4.69) is 64.9 Å². The number of aromatic nitrogens is 2. The van der Waals surface area contributed by atoms with Gasteiger partial charge in [0.05, 0.1) is 19.7 Å².